The summed E-state index contributed by atoms with van der Waals surface area (Å²) < 4.78 is 5.74. The van der Waals surface area contributed by atoms with E-state index in [9.17, 15) is 9.59 Å². The van der Waals surface area contributed by atoms with E-state index in [0.717, 1.165) is 75.5 Å². The molecule has 1 aromatic carbocycles. The summed E-state index contributed by atoms with van der Waals surface area (Å²) in [5, 5.41) is 6.05. The zero-order valence-electron chi connectivity index (χ0n) is 18.5. The van der Waals surface area contributed by atoms with Crippen LogP contribution in [0.15, 0.2) is 30.6 Å². The molecule has 0 spiro atoms. The van der Waals surface area contributed by atoms with Crippen LogP contribution in [0.4, 0.5) is 10.5 Å². The van der Waals surface area contributed by atoms with Crippen LogP contribution < -0.4 is 10.6 Å². The topological polar surface area (TPSA) is 80.3 Å². The fourth-order valence-corrected chi connectivity index (χ4v) is 5.48. The van der Waals surface area contributed by atoms with Gasteiger partial charge in [-0.25, -0.2) is 9.59 Å². The SMILES string of the molecule is O=C(Nc1c2c(cc3c1CCC3)CCC2)NC(Cc1cccnc1)C(=O)OC1CCCC1. The minimum Gasteiger partial charge on any atom is -0.461 e. The van der Waals surface area contributed by atoms with Crippen LogP contribution in [0.1, 0.15) is 66.3 Å². The molecular formula is C26H31N3O3. The Labute approximate surface area is 189 Å². The van der Waals surface area contributed by atoms with Crippen LogP contribution in [0.25, 0.3) is 0 Å². The van der Waals surface area contributed by atoms with Crippen molar-refractivity contribution in [3.63, 3.8) is 0 Å². The number of amides is 2. The summed E-state index contributed by atoms with van der Waals surface area (Å²) in [4.78, 5) is 30.2. The Bertz CT molecular complexity index is 967. The number of anilines is 1. The minimum atomic E-state index is -0.746. The van der Waals surface area contributed by atoms with Crippen molar-refractivity contribution >= 4 is 17.7 Å². The molecule has 5 rings (SSSR count). The van der Waals surface area contributed by atoms with Gasteiger partial charge in [0.2, 0.25) is 0 Å². The number of ether oxygens (including phenoxy) is 1. The van der Waals surface area contributed by atoms with E-state index in [2.05, 4.69) is 21.7 Å². The summed E-state index contributed by atoms with van der Waals surface area (Å²) in [7, 11) is 0. The zero-order chi connectivity index (χ0) is 21.9. The normalized spacial score (nSPS) is 18.1. The van der Waals surface area contributed by atoms with Gasteiger partial charge in [0.15, 0.2) is 0 Å². The van der Waals surface area contributed by atoms with Gasteiger partial charge in [0, 0.05) is 24.5 Å². The number of carbonyl (C=O) groups excluding carboxylic acids is 2. The van der Waals surface area contributed by atoms with Crippen LogP contribution in [0.5, 0.6) is 0 Å². The molecule has 1 fully saturated rings. The summed E-state index contributed by atoms with van der Waals surface area (Å²) in [6, 6.07) is 5.02. The first-order valence-electron chi connectivity index (χ1n) is 12.0. The molecule has 2 amide bonds. The van der Waals surface area contributed by atoms with E-state index < -0.39 is 6.04 Å². The molecule has 168 valence electrons. The van der Waals surface area contributed by atoms with Gasteiger partial charge in [0.25, 0.3) is 0 Å². The summed E-state index contributed by atoms with van der Waals surface area (Å²) >= 11 is 0. The molecule has 6 heteroatoms. The molecule has 1 heterocycles. The number of fused-ring (bicyclic) bond motifs is 2. The van der Waals surface area contributed by atoms with Gasteiger partial charge in [-0.15, -0.1) is 0 Å². The van der Waals surface area contributed by atoms with Gasteiger partial charge in [-0.1, -0.05) is 12.1 Å². The maximum absolute atomic E-state index is 13.1. The number of urea groups is 1. The van der Waals surface area contributed by atoms with Crippen molar-refractivity contribution in [3.05, 3.63) is 58.4 Å². The number of esters is 1. The Kier molecular flexibility index (Phi) is 6.10. The second-order valence-corrected chi connectivity index (χ2v) is 9.29. The summed E-state index contributed by atoms with van der Waals surface area (Å²) in [6.45, 7) is 0. The highest BCUT2D eigenvalue weighted by Crippen LogP contribution is 2.38. The molecular weight excluding hydrogens is 402 g/mol. The van der Waals surface area contributed by atoms with E-state index in [1.807, 2.05) is 12.1 Å². The van der Waals surface area contributed by atoms with Crippen LogP contribution in [0, 0.1) is 0 Å². The van der Waals surface area contributed by atoms with Gasteiger partial charge in [-0.3, -0.25) is 4.98 Å². The molecule has 0 bridgehead atoms. The van der Waals surface area contributed by atoms with E-state index in [4.69, 9.17) is 4.74 Å². The van der Waals surface area contributed by atoms with Gasteiger partial charge < -0.3 is 15.4 Å². The average Bonchev–Trinajstić information content (AvgIpc) is 3.55. The Morgan fingerprint density at radius 3 is 2.41 bits per heavy atom. The Morgan fingerprint density at radius 2 is 1.75 bits per heavy atom. The maximum atomic E-state index is 13.1. The number of pyridine rings is 1. The first-order chi connectivity index (χ1) is 15.7. The van der Waals surface area contributed by atoms with Gasteiger partial charge in [0.05, 0.1) is 0 Å². The fraction of sp³-hybridized carbons (Fsp3) is 0.500. The van der Waals surface area contributed by atoms with Crippen molar-refractivity contribution in [3.8, 4) is 0 Å². The summed E-state index contributed by atoms with van der Waals surface area (Å²) in [5.41, 5.74) is 7.16. The number of aromatic nitrogens is 1. The van der Waals surface area contributed by atoms with E-state index in [-0.39, 0.29) is 18.1 Å². The van der Waals surface area contributed by atoms with Crippen LogP contribution in [-0.2, 0) is 41.6 Å². The standard InChI is InChI=1S/C26H31N3O3/c30-25(32-20-9-1-2-10-20)23(14-17-6-5-13-27-16-17)28-26(31)29-24-21-11-3-7-18(21)15-19-8-4-12-22(19)24/h5-6,13,15-16,20,23H,1-4,7-12,14H2,(H2,28,29,31). The summed E-state index contributed by atoms with van der Waals surface area (Å²) in [6.07, 6.45) is 14.2. The highest BCUT2D eigenvalue weighted by Gasteiger charge is 2.29. The third-order valence-electron chi connectivity index (χ3n) is 7.05. The van der Waals surface area contributed by atoms with Crippen LogP contribution in [0.2, 0.25) is 0 Å². The molecule has 1 unspecified atom stereocenters. The first-order valence-corrected chi connectivity index (χ1v) is 12.0. The number of nitrogens with zero attached hydrogens (tertiary/aromatic N) is 1. The van der Waals surface area contributed by atoms with Crippen molar-refractivity contribution in [2.75, 3.05) is 5.32 Å². The predicted molar refractivity (Wildman–Crippen MR) is 123 cm³/mol. The molecule has 0 saturated heterocycles. The van der Waals surface area contributed by atoms with Crippen molar-refractivity contribution in [2.45, 2.75) is 82.8 Å². The third-order valence-corrected chi connectivity index (χ3v) is 7.05. The first kappa shape index (κ1) is 21.0. The fourth-order valence-electron chi connectivity index (χ4n) is 5.48. The molecule has 3 aliphatic rings. The highest BCUT2D eigenvalue weighted by atomic mass is 16.5. The van der Waals surface area contributed by atoms with Gasteiger partial charge in [-0.05, 0) is 98.1 Å². The monoisotopic (exact) mass is 433 g/mol. The molecule has 6 nitrogen and oxygen atoms in total. The van der Waals surface area contributed by atoms with Crippen molar-refractivity contribution in [1.82, 2.24) is 10.3 Å². The largest absolute Gasteiger partial charge is 0.461 e. The Hall–Kier alpha value is -2.89. The molecule has 3 aliphatic carbocycles. The Morgan fingerprint density at radius 1 is 1.03 bits per heavy atom. The lowest BCUT2D eigenvalue weighted by Gasteiger charge is -2.22. The molecule has 32 heavy (non-hydrogen) atoms. The van der Waals surface area contributed by atoms with E-state index in [0.29, 0.717) is 6.42 Å². The second kappa shape index (κ2) is 9.31. The number of hydrogen-bond donors (Lipinski definition) is 2. The molecule has 2 aromatic rings. The number of carbonyl (C=O) groups is 2. The number of hydrogen-bond acceptors (Lipinski definition) is 4. The molecule has 2 N–H and O–H groups in total. The second-order valence-electron chi connectivity index (χ2n) is 9.29. The van der Waals surface area contributed by atoms with Crippen molar-refractivity contribution in [2.24, 2.45) is 0 Å². The van der Waals surface area contributed by atoms with Gasteiger partial charge in [-0.2, -0.15) is 0 Å². The lowest BCUT2D eigenvalue weighted by molar-refractivity contribution is -0.151. The van der Waals surface area contributed by atoms with E-state index in [1.54, 1.807) is 12.4 Å². The van der Waals surface area contributed by atoms with E-state index in [1.165, 1.54) is 22.3 Å². The maximum Gasteiger partial charge on any atom is 0.329 e. The van der Waals surface area contributed by atoms with E-state index >= 15 is 0 Å². The van der Waals surface area contributed by atoms with Crippen LogP contribution in [-0.4, -0.2) is 29.1 Å². The molecule has 1 saturated carbocycles. The minimum absolute atomic E-state index is 0.0376. The lowest BCUT2D eigenvalue weighted by atomic mass is 9.99. The zero-order valence-corrected chi connectivity index (χ0v) is 18.5. The molecule has 1 aromatic heterocycles. The van der Waals surface area contributed by atoms with Crippen LogP contribution >= 0.6 is 0 Å². The van der Waals surface area contributed by atoms with Crippen molar-refractivity contribution < 1.29 is 14.3 Å². The quantitative estimate of drug-likeness (QED) is 0.667. The number of aryl methyl sites for hydroxylation is 2. The predicted octanol–water partition coefficient (Wildman–Crippen LogP) is 4.28. The Balaban J connectivity index is 1.33. The molecule has 0 radical (unpaired) electrons. The average molecular weight is 434 g/mol. The number of benzene rings is 1. The summed E-state index contributed by atoms with van der Waals surface area (Å²) in [5.74, 6) is -0.362. The van der Waals surface area contributed by atoms with Gasteiger partial charge in [0.1, 0.15) is 12.1 Å². The smallest absolute Gasteiger partial charge is 0.329 e. The van der Waals surface area contributed by atoms with Crippen LogP contribution in [0.3, 0.4) is 0 Å². The van der Waals surface area contributed by atoms with Crippen molar-refractivity contribution in [1.29, 1.82) is 0 Å². The molecule has 0 aliphatic heterocycles. The lowest BCUT2D eigenvalue weighted by Crippen LogP contribution is -2.46. The number of nitrogens with one attached hydrogen (secondary N) is 2. The number of rotatable bonds is 6. The third kappa shape index (κ3) is 4.50. The highest BCUT2D eigenvalue weighted by molar-refractivity contribution is 5.94. The molecule has 1 atom stereocenters. The van der Waals surface area contributed by atoms with Gasteiger partial charge >= 0.3 is 12.0 Å².